The van der Waals surface area contributed by atoms with E-state index in [-0.39, 0.29) is 11.2 Å². The van der Waals surface area contributed by atoms with Gasteiger partial charge in [0.15, 0.2) is 0 Å². The van der Waals surface area contributed by atoms with Crippen molar-refractivity contribution in [2.24, 2.45) is 5.41 Å². The van der Waals surface area contributed by atoms with Gasteiger partial charge < -0.3 is 0 Å². The van der Waals surface area contributed by atoms with Crippen LogP contribution in [-0.4, -0.2) is 5.78 Å². The number of hydrogen-bond donors (Lipinski definition) is 0. The standard InChI is InChI=1S/C6H9O/c1-5(7)6(2)3-4-6/h2-4H2,1H3. The van der Waals surface area contributed by atoms with Crippen LogP contribution >= 0.6 is 0 Å². The van der Waals surface area contributed by atoms with Crippen molar-refractivity contribution in [3.63, 3.8) is 0 Å². The summed E-state index contributed by atoms with van der Waals surface area (Å²) in [4.78, 5) is 10.5. The maximum Gasteiger partial charge on any atom is 0.135 e. The Balaban J connectivity index is 2.55. The Kier molecular flexibility index (Phi) is 0.748. The fourth-order valence-corrected chi connectivity index (χ4v) is 0.503. The van der Waals surface area contributed by atoms with Crippen LogP contribution < -0.4 is 0 Å². The molecule has 0 saturated heterocycles. The van der Waals surface area contributed by atoms with Crippen LogP contribution in [-0.2, 0) is 4.79 Å². The zero-order valence-electron chi connectivity index (χ0n) is 4.53. The summed E-state index contributed by atoms with van der Waals surface area (Å²) in [6.07, 6.45) is 2.00. The highest BCUT2D eigenvalue weighted by Gasteiger charge is 2.41. The molecule has 1 aliphatic carbocycles. The highest BCUT2D eigenvalue weighted by molar-refractivity contribution is 5.85. The Morgan fingerprint density at radius 3 is 2.14 bits per heavy atom. The molecule has 0 amide bonds. The van der Waals surface area contributed by atoms with E-state index in [4.69, 9.17) is 0 Å². The van der Waals surface area contributed by atoms with Crippen molar-refractivity contribution in [2.75, 3.05) is 0 Å². The highest BCUT2D eigenvalue weighted by atomic mass is 16.1. The number of carbonyl (C=O) groups is 1. The first-order valence-electron chi connectivity index (χ1n) is 2.51. The predicted molar refractivity (Wildman–Crippen MR) is 27.7 cm³/mol. The van der Waals surface area contributed by atoms with E-state index in [1.165, 1.54) is 0 Å². The minimum Gasteiger partial charge on any atom is -0.299 e. The third-order valence-corrected chi connectivity index (χ3v) is 1.60. The number of rotatable bonds is 1. The van der Waals surface area contributed by atoms with Gasteiger partial charge in [0.25, 0.3) is 0 Å². The molecular weight excluding hydrogens is 88.1 g/mol. The van der Waals surface area contributed by atoms with Gasteiger partial charge in [-0.05, 0) is 26.7 Å². The van der Waals surface area contributed by atoms with Gasteiger partial charge in [-0.15, -0.1) is 0 Å². The van der Waals surface area contributed by atoms with Crippen LogP contribution in [0.3, 0.4) is 0 Å². The molecule has 1 radical (unpaired) electrons. The lowest BCUT2D eigenvalue weighted by Crippen LogP contribution is -2.05. The predicted octanol–water partition coefficient (Wildman–Crippen LogP) is 1.19. The molecule has 0 atom stereocenters. The smallest absolute Gasteiger partial charge is 0.135 e. The van der Waals surface area contributed by atoms with Crippen LogP contribution in [0.2, 0.25) is 0 Å². The van der Waals surface area contributed by atoms with Gasteiger partial charge in [-0.3, -0.25) is 4.79 Å². The van der Waals surface area contributed by atoms with E-state index in [1.807, 2.05) is 0 Å². The quantitative estimate of drug-likeness (QED) is 0.480. The third kappa shape index (κ3) is 0.671. The molecule has 0 aromatic heterocycles. The van der Waals surface area contributed by atoms with Gasteiger partial charge in [-0.25, -0.2) is 0 Å². The minimum absolute atomic E-state index is 0.139. The van der Waals surface area contributed by atoms with E-state index in [9.17, 15) is 4.79 Å². The van der Waals surface area contributed by atoms with Crippen LogP contribution in [0.1, 0.15) is 19.8 Å². The summed E-state index contributed by atoms with van der Waals surface area (Å²) in [7, 11) is 0. The fraction of sp³-hybridized carbons (Fsp3) is 0.667. The molecule has 7 heavy (non-hydrogen) atoms. The SMILES string of the molecule is [CH2]C1(C(C)=O)CC1. The first-order valence-corrected chi connectivity index (χ1v) is 2.51. The molecular formula is C6H9O. The maximum atomic E-state index is 10.5. The van der Waals surface area contributed by atoms with Crippen molar-refractivity contribution in [1.82, 2.24) is 0 Å². The summed E-state index contributed by atoms with van der Waals surface area (Å²) < 4.78 is 0. The van der Waals surface area contributed by atoms with E-state index >= 15 is 0 Å². The first kappa shape index (κ1) is 4.82. The lowest BCUT2D eigenvalue weighted by Gasteiger charge is -1.96. The van der Waals surface area contributed by atoms with Gasteiger partial charge in [0.2, 0.25) is 0 Å². The highest BCUT2D eigenvalue weighted by Crippen LogP contribution is 2.44. The molecule has 0 aromatic carbocycles. The van der Waals surface area contributed by atoms with Crippen molar-refractivity contribution in [2.45, 2.75) is 19.8 Å². The molecule has 1 aliphatic rings. The lowest BCUT2D eigenvalue weighted by atomic mass is 10.1. The molecule has 0 N–H and O–H groups in total. The van der Waals surface area contributed by atoms with Crippen LogP contribution in [0.15, 0.2) is 0 Å². The van der Waals surface area contributed by atoms with Crippen LogP contribution in [0.25, 0.3) is 0 Å². The second-order valence-corrected chi connectivity index (χ2v) is 2.34. The van der Waals surface area contributed by atoms with Gasteiger partial charge in [0, 0.05) is 5.41 Å². The van der Waals surface area contributed by atoms with E-state index < -0.39 is 0 Å². The molecule has 0 bridgehead atoms. The number of hydrogen-bond acceptors (Lipinski definition) is 1. The Morgan fingerprint density at radius 2 is 2.14 bits per heavy atom. The molecule has 0 heterocycles. The molecule has 1 nitrogen and oxygen atoms in total. The monoisotopic (exact) mass is 97.1 g/mol. The minimum atomic E-state index is -0.139. The van der Waals surface area contributed by atoms with Crippen molar-refractivity contribution in [3.05, 3.63) is 6.92 Å². The topological polar surface area (TPSA) is 17.1 Å². The molecule has 1 rings (SSSR count). The third-order valence-electron chi connectivity index (χ3n) is 1.60. The normalized spacial score (nSPS) is 24.3. The van der Waals surface area contributed by atoms with Crippen molar-refractivity contribution < 1.29 is 4.79 Å². The van der Waals surface area contributed by atoms with Crippen molar-refractivity contribution in [1.29, 1.82) is 0 Å². The largest absolute Gasteiger partial charge is 0.299 e. The summed E-state index contributed by atoms with van der Waals surface area (Å²) in [5, 5.41) is 0. The molecule has 1 heteroatoms. The van der Waals surface area contributed by atoms with Crippen LogP contribution in [0.5, 0.6) is 0 Å². The fourth-order valence-electron chi connectivity index (χ4n) is 0.503. The number of ketones is 1. The van der Waals surface area contributed by atoms with Gasteiger partial charge in [0.1, 0.15) is 5.78 Å². The zero-order valence-corrected chi connectivity index (χ0v) is 4.53. The summed E-state index contributed by atoms with van der Waals surface area (Å²) in [6, 6.07) is 0. The number of carbonyl (C=O) groups excluding carboxylic acids is 1. The second-order valence-electron chi connectivity index (χ2n) is 2.34. The molecule has 0 aliphatic heterocycles. The van der Waals surface area contributed by atoms with Gasteiger partial charge in [-0.2, -0.15) is 0 Å². The maximum absolute atomic E-state index is 10.5. The Hall–Kier alpha value is -0.330. The summed E-state index contributed by atoms with van der Waals surface area (Å²) in [5.74, 6) is 0.243. The first-order chi connectivity index (χ1) is 3.15. The molecule has 1 fully saturated rings. The van der Waals surface area contributed by atoms with E-state index in [0.717, 1.165) is 12.8 Å². The Bertz CT molecular complexity index is 101. The molecule has 1 saturated carbocycles. The molecule has 0 spiro atoms. The summed E-state index contributed by atoms with van der Waals surface area (Å²) in [5.41, 5.74) is -0.139. The molecule has 0 unspecified atom stereocenters. The van der Waals surface area contributed by atoms with Gasteiger partial charge >= 0.3 is 0 Å². The Morgan fingerprint density at radius 1 is 1.71 bits per heavy atom. The summed E-state index contributed by atoms with van der Waals surface area (Å²) >= 11 is 0. The molecule has 39 valence electrons. The summed E-state index contributed by atoms with van der Waals surface area (Å²) in [6.45, 7) is 5.34. The average Bonchev–Trinajstić information content (AvgIpc) is 2.21. The number of Topliss-reactive ketones (excluding diaryl/α,β-unsaturated/α-hetero) is 1. The van der Waals surface area contributed by atoms with Crippen molar-refractivity contribution >= 4 is 5.78 Å². The Labute approximate surface area is 43.7 Å². The van der Waals surface area contributed by atoms with Gasteiger partial charge in [-0.1, -0.05) is 0 Å². The molecule has 0 aromatic rings. The second kappa shape index (κ2) is 1.09. The van der Waals surface area contributed by atoms with Crippen LogP contribution in [0, 0.1) is 12.3 Å². The lowest BCUT2D eigenvalue weighted by molar-refractivity contribution is -0.120. The van der Waals surface area contributed by atoms with Crippen LogP contribution in [0.4, 0.5) is 0 Å². The van der Waals surface area contributed by atoms with E-state index in [2.05, 4.69) is 6.92 Å². The average molecular weight is 97.1 g/mol. The van der Waals surface area contributed by atoms with E-state index in [1.54, 1.807) is 6.92 Å². The van der Waals surface area contributed by atoms with Crippen molar-refractivity contribution in [3.8, 4) is 0 Å². The van der Waals surface area contributed by atoms with Gasteiger partial charge in [0.05, 0.1) is 0 Å². The zero-order chi connectivity index (χ0) is 5.49. The van der Waals surface area contributed by atoms with E-state index in [0.29, 0.717) is 0 Å².